The maximum atomic E-state index is 14.3. The van der Waals surface area contributed by atoms with Gasteiger partial charge < -0.3 is 4.74 Å². The number of fused-ring (bicyclic) bond motifs is 1. The lowest BCUT2D eigenvalue weighted by atomic mass is 9.82. The van der Waals surface area contributed by atoms with E-state index in [4.69, 9.17) is 23.2 Å². The molecule has 17 heteroatoms. The van der Waals surface area contributed by atoms with E-state index in [1.807, 2.05) is 0 Å². The van der Waals surface area contributed by atoms with Gasteiger partial charge in [-0.05, 0) is 60.9 Å². The quantitative estimate of drug-likeness (QED) is 0.146. The van der Waals surface area contributed by atoms with Crippen LogP contribution in [0.4, 0.5) is 10.1 Å². The molecule has 0 spiro atoms. The highest BCUT2D eigenvalue weighted by molar-refractivity contribution is 8.00. The normalized spacial score (nSPS) is 15.6. The Morgan fingerprint density at radius 1 is 1.02 bits per heavy atom. The number of aromatic nitrogens is 2. The minimum Gasteiger partial charge on any atom is -0.468 e. The van der Waals surface area contributed by atoms with Crippen molar-refractivity contribution < 1.29 is 36.7 Å². The van der Waals surface area contributed by atoms with Crippen molar-refractivity contribution in [3.05, 3.63) is 66.2 Å². The highest BCUT2D eigenvalue weighted by Crippen LogP contribution is 2.33. The summed E-state index contributed by atoms with van der Waals surface area (Å²) in [5.74, 6) is -3.69. The number of hydrogen-bond acceptors (Lipinski definition) is 11. The number of thioether (sulfide) groups is 1. The molecule has 1 aliphatic carbocycles. The van der Waals surface area contributed by atoms with Gasteiger partial charge >= 0.3 is 10.8 Å². The molecule has 0 saturated heterocycles. The van der Waals surface area contributed by atoms with Gasteiger partial charge in [0.15, 0.2) is 27.2 Å². The third-order valence-electron chi connectivity index (χ3n) is 7.07. The molecule has 1 aliphatic heterocycles. The van der Waals surface area contributed by atoms with Gasteiger partial charge in [0.05, 0.1) is 27.8 Å². The predicted octanol–water partition coefficient (Wildman–Crippen LogP) is 4.66. The zero-order valence-electron chi connectivity index (χ0n) is 24.6. The number of nitrogens with zero attached hydrogens (tertiary/aromatic N) is 3. The minimum absolute atomic E-state index is 0.00216. The second kappa shape index (κ2) is 15.2. The van der Waals surface area contributed by atoms with Gasteiger partial charge in [-0.3, -0.25) is 28.7 Å². The molecule has 1 aromatic heterocycles. The summed E-state index contributed by atoms with van der Waals surface area (Å²) in [5, 5.41) is 0.124. The first kappa shape index (κ1) is 35.7. The van der Waals surface area contributed by atoms with Gasteiger partial charge in [-0.1, -0.05) is 23.2 Å². The molecule has 0 amide bonds. The molecule has 0 N–H and O–H groups in total. The summed E-state index contributed by atoms with van der Waals surface area (Å²) >= 11 is 14.1. The van der Waals surface area contributed by atoms with E-state index in [-0.39, 0.29) is 49.7 Å². The van der Waals surface area contributed by atoms with Gasteiger partial charge in [0.1, 0.15) is 17.4 Å². The Labute approximate surface area is 281 Å². The van der Waals surface area contributed by atoms with E-state index in [0.717, 1.165) is 54.3 Å². The summed E-state index contributed by atoms with van der Waals surface area (Å²) in [6.45, 7) is 1.32. The predicted molar refractivity (Wildman–Crippen MR) is 171 cm³/mol. The highest BCUT2D eigenvalue weighted by atomic mass is 35.5. The van der Waals surface area contributed by atoms with Gasteiger partial charge in [0.2, 0.25) is 4.80 Å². The standard InChI is InChI=1S/C15H15ClFN3O3S2.C14H13ClO5S/c1-23-13(21)8-24-12-7-11(10(17)6-9(12)16)18-14-19-4-2-3-5-20(19)15(22)25-14;1-21(19,20)8-5-6-9(10(15)7-8)14(18)13-11(16)3-2-4-12(13)17/h6-7H,2-5,8H2,1H3;5-7,13H,2-4H2,1H3. The molecule has 2 heterocycles. The van der Waals surface area contributed by atoms with Crippen LogP contribution in [0.2, 0.25) is 10.0 Å². The van der Waals surface area contributed by atoms with Gasteiger partial charge in [0.25, 0.3) is 0 Å². The van der Waals surface area contributed by atoms with Crippen LogP contribution in [-0.4, -0.2) is 60.2 Å². The Balaban J connectivity index is 0.000000212. The Morgan fingerprint density at radius 3 is 2.28 bits per heavy atom. The van der Waals surface area contributed by atoms with E-state index in [1.165, 1.54) is 25.3 Å². The van der Waals surface area contributed by atoms with Crippen molar-refractivity contribution in [2.24, 2.45) is 10.9 Å². The van der Waals surface area contributed by atoms with Crippen molar-refractivity contribution >= 4 is 85.1 Å². The Hall–Kier alpha value is -3.11. The number of esters is 1. The van der Waals surface area contributed by atoms with Crippen molar-refractivity contribution in [2.75, 3.05) is 19.1 Å². The molecule has 11 nitrogen and oxygen atoms in total. The van der Waals surface area contributed by atoms with Gasteiger partial charge in [0, 0.05) is 42.6 Å². The smallest absolute Gasteiger partial charge is 0.325 e. The average molecular weight is 733 g/mol. The van der Waals surface area contributed by atoms with E-state index in [9.17, 15) is 36.8 Å². The third-order valence-corrected chi connectivity index (χ3v) is 10.8. The highest BCUT2D eigenvalue weighted by Gasteiger charge is 2.37. The number of benzene rings is 2. The zero-order valence-corrected chi connectivity index (χ0v) is 28.5. The van der Waals surface area contributed by atoms with E-state index in [2.05, 4.69) is 9.73 Å². The topological polar surface area (TPSA) is 151 Å². The van der Waals surface area contributed by atoms with Crippen LogP contribution in [0.5, 0.6) is 0 Å². The van der Waals surface area contributed by atoms with Gasteiger partial charge in [-0.15, -0.1) is 11.8 Å². The summed E-state index contributed by atoms with van der Waals surface area (Å²) < 4.78 is 45.1. The third kappa shape index (κ3) is 8.42. The molecule has 2 aliphatic rings. The number of sulfone groups is 1. The van der Waals surface area contributed by atoms with E-state index in [0.29, 0.717) is 29.2 Å². The first-order valence-electron chi connectivity index (χ1n) is 13.8. The number of carbonyl (C=O) groups is 4. The molecular weight excluding hydrogens is 704 g/mol. The molecule has 0 atom stereocenters. The van der Waals surface area contributed by atoms with Gasteiger partial charge in [-0.25, -0.2) is 22.5 Å². The molecular formula is C29H28Cl2FN3O8S3. The fourth-order valence-electron chi connectivity index (χ4n) is 4.71. The fraction of sp³-hybridized carbons (Fsp3) is 0.379. The van der Waals surface area contributed by atoms with E-state index in [1.54, 1.807) is 9.36 Å². The monoisotopic (exact) mass is 731 g/mol. The lowest BCUT2D eigenvalue weighted by molar-refractivity contribution is -0.137. The molecule has 1 saturated carbocycles. The van der Waals surface area contributed by atoms with Crippen LogP contribution in [0.15, 0.2) is 49.9 Å². The van der Waals surface area contributed by atoms with Crippen LogP contribution in [0.1, 0.15) is 42.5 Å². The Kier molecular flexibility index (Phi) is 11.8. The number of ether oxygens (including phenoxy) is 1. The molecule has 1 fully saturated rings. The molecule has 2 aromatic carbocycles. The average Bonchev–Trinajstić information content (AvgIpc) is 3.32. The van der Waals surface area contributed by atoms with Crippen LogP contribution in [-0.2, 0) is 42.0 Å². The molecule has 0 radical (unpaired) electrons. The van der Waals surface area contributed by atoms with Crippen LogP contribution in [0.3, 0.4) is 0 Å². The van der Waals surface area contributed by atoms with E-state index >= 15 is 0 Å². The second-order valence-electron chi connectivity index (χ2n) is 10.3. The lowest BCUT2D eigenvalue weighted by Gasteiger charge is -2.18. The molecule has 246 valence electrons. The Morgan fingerprint density at radius 2 is 1.67 bits per heavy atom. The van der Waals surface area contributed by atoms with Crippen LogP contribution in [0, 0.1) is 11.7 Å². The largest absolute Gasteiger partial charge is 0.468 e. The summed E-state index contributed by atoms with van der Waals surface area (Å²) in [7, 11) is -2.15. The maximum absolute atomic E-state index is 14.3. The maximum Gasteiger partial charge on any atom is 0.325 e. The molecule has 0 unspecified atom stereocenters. The zero-order chi connectivity index (χ0) is 33.8. The lowest BCUT2D eigenvalue weighted by Crippen LogP contribution is -2.35. The second-order valence-corrected chi connectivity index (χ2v) is 15.1. The summed E-state index contributed by atoms with van der Waals surface area (Å²) in [6, 6.07) is 6.29. The fourth-order valence-corrected chi connectivity index (χ4v) is 7.68. The number of rotatable bonds is 7. The minimum atomic E-state index is -3.44. The Bertz CT molecular complexity index is 1940. The summed E-state index contributed by atoms with van der Waals surface area (Å²) in [4.78, 5) is 64.4. The number of ketones is 3. The van der Waals surface area contributed by atoms with Crippen LogP contribution in [0.25, 0.3) is 0 Å². The number of hydrogen-bond donors (Lipinski definition) is 0. The molecule has 3 aromatic rings. The summed E-state index contributed by atoms with van der Waals surface area (Å²) in [5.41, 5.74) is 0.0807. The van der Waals surface area contributed by atoms with Crippen molar-refractivity contribution in [3.63, 3.8) is 0 Å². The first-order chi connectivity index (χ1) is 21.7. The van der Waals surface area contributed by atoms with Crippen molar-refractivity contribution in [2.45, 2.75) is 55.0 Å². The number of halogens is 3. The molecule has 46 heavy (non-hydrogen) atoms. The van der Waals surface area contributed by atoms with Gasteiger partial charge in [-0.2, -0.15) is 0 Å². The number of methoxy groups -OCH3 is 1. The van der Waals surface area contributed by atoms with Crippen LogP contribution >= 0.6 is 46.3 Å². The summed E-state index contributed by atoms with van der Waals surface area (Å²) in [6.07, 6.45) is 3.77. The van der Waals surface area contributed by atoms with Crippen LogP contribution < -0.4 is 9.67 Å². The molecule has 5 rings (SSSR count). The number of carbonyl (C=O) groups excluding carboxylic acids is 4. The van der Waals surface area contributed by atoms with Crippen molar-refractivity contribution in [1.29, 1.82) is 0 Å². The van der Waals surface area contributed by atoms with Crippen molar-refractivity contribution in [3.8, 4) is 0 Å². The first-order valence-corrected chi connectivity index (χ1v) is 18.3. The van der Waals surface area contributed by atoms with Crippen molar-refractivity contribution in [1.82, 2.24) is 9.36 Å². The number of Topliss-reactive ketones (excluding diaryl/α,β-unsaturated/α-hetero) is 3. The SMILES string of the molecule is COC(=O)CSc1cc(N=c2sc(=O)n3n2CCCC3)c(F)cc1Cl.CS(=O)(=O)c1ccc(C(=O)C2C(=O)CCCC2=O)c(Cl)c1. The van der Waals surface area contributed by atoms with E-state index < -0.39 is 44.9 Å². The molecule has 0 bridgehead atoms.